The molecule has 0 aliphatic carbocycles. The quantitative estimate of drug-likeness (QED) is 0.203. The third kappa shape index (κ3) is 20.3. The molecule has 0 bridgehead atoms. The van der Waals surface area contributed by atoms with Gasteiger partial charge in [0.25, 0.3) is 0 Å². The van der Waals surface area contributed by atoms with E-state index in [1.165, 1.54) is 51.4 Å². The Bertz CT molecular complexity index is 290. The number of rotatable bonds is 13. The van der Waals surface area contributed by atoms with E-state index in [4.69, 9.17) is 4.74 Å². The van der Waals surface area contributed by atoms with Gasteiger partial charge in [0.1, 0.15) is 0 Å². The summed E-state index contributed by atoms with van der Waals surface area (Å²) in [4.78, 5) is 21.1. The minimum absolute atomic E-state index is 0. The van der Waals surface area contributed by atoms with Crippen molar-refractivity contribution in [3.8, 4) is 0 Å². The maximum absolute atomic E-state index is 11.0. The van der Waals surface area contributed by atoms with Gasteiger partial charge in [-0.05, 0) is 12.5 Å². The van der Waals surface area contributed by atoms with Crippen LogP contribution < -0.4 is 56.5 Å². The first-order chi connectivity index (χ1) is 9.66. The number of carbonyl (C=O) groups is 2. The normalized spacial score (nSPS) is 10.3. The molecule has 0 unspecified atom stereocenters. The molecule has 116 valence electrons. The van der Waals surface area contributed by atoms with Crippen molar-refractivity contribution in [2.45, 2.75) is 71.1 Å². The number of carboxylic acid groups (broad SMARTS) is 1. The van der Waals surface area contributed by atoms with Crippen LogP contribution in [0.4, 0.5) is 0 Å². The van der Waals surface area contributed by atoms with Gasteiger partial charge in [0.2, 0.25) is 0 Å². The van der Waals surface area contributed by atoms with Gasteiger partial charge in [-0.1, -0.05) is 64.7 Å². The molecule has 0 heterocycles. The molecular weight excluding hydrogens is 295 g/mol. The fraction of sp³-hybridized carbons (Fsp3) is 0.750. The van der Waals surface area contributed by atoms with E-state index in [2.05, 4.69) is 6.92 Å². The molecule has 0 aliphatic rings. The summed E-state index contributed by atoms with van der Waals surface area (Å²) < 4.78 is 4.85. The van der Waals surface area contributed by atoms with Crippen molar-refractivity contribution in [1.29, 1.82) is 0 Å². The predicted octanol–water partition coefficient (Wildman–Crippen LogP) is -0.239. The number of esters is 1. The van der Waals surface area contributed by atoms with Gasteiger partial charge in [-0.25, -0.2) is 4.79 Å². The van der Waals surface area contributed by atoms with Crippen LogP contribution in [-0.2, 0) is 14.3 Å². The zero-order valence-electron chi connectivity index (χ0n) is 13.6. The smallest absolute Gasteiger partial charge is 0.545 e. The Morgan fingerprint density at radius 1 is 0.857 bits per heavy atom. The first-order valence-corrected chi connectivity index (χ1v) is 7.72. The van der Waals surface area contributed by atoms with E-state index in [0.29, 0.717) is 12.7 Å². The topological polar surface area (TPSA) is 66.4 Å². The van der Waals surface area contributed by atoms with Gasteiger partial charge >= 0.3 is 57.4 Å². The average Bonchev–Trinajstić information content (AvgIpc) is 2.42. The summed E-state index contributed by atoms with van der Waals surface area (Å²) in [6.45, 7) is 2.58. The number of unbranched alkanes of at least 4 members (excludes halogenated alkanes) is 9. The van der Waals surface area contributed by atoms with E-state index >= 15 is 0 Å². The van der Waals surface area contributed by atoms with Crippen LogP contribution in [0.5, 0.6) is 0 Å². The Morgan fingerprint density at radius 3 is 1.81 bits per heavy atom. The van der Waals surface area contributed by atoms with Crippen LogP contribution in [0.25, 0.3) is 0 Å². The van der Waals surface area contributed by atoms with Gasteiger partial charge in [0.15, 0.2) is 0 Å². The fourth-order valence-corrected chi connectivity index (χ4v) is 1.95. The van der Waals surface area contributed by atoms with Gasteiger partial charge in [-0.3, -0.25) is 0 Å². The van der Waals surface area contributed by atoms with Crippen LogP contribution in [0.15, 0.2) is 12.2 Å². The van der Waals surface area contributed by atoms with Crippen LogP contribution in [0.2, 0.25) is 0 Å². The van der Waals surface area contributed by atoms with Gasteiger partial charge in [-0.2, -0.15) is 0 Å². The zero-order chi connectivity index (χ0) is 15.1. The van der Waals surface area contributed by atoms with Gasteiger partial charge in [0.05, 0.1) is 12.6 Å². The number of carbonyl (C=O) groups excluding carboxylic acids is 2. The molecule has 0 radical (unpaired) electrons. The third-order valence-electron chi connectivity index (χ3n) is 3.10. The number of carboxylic acids is 1. The minimum Gasteiger partial charge on any atom is -0.545 e. The van der Waals surface area contributed by atoms with Gasteiger partial charge in [0, 0.05) is 6.08 Å². The van der Waals surface area contributed by atoms with Crippen molar-refractivity contribution in [3.05, 3.63) is 12.2 Å². The molecule has 0 aromatic heterocycles. The first kappa shape index (κ1) is 23.6. The summed E-state index contributed by atoms with van der Waals surface area (Å²) in [6.07, 6.45) is 13.8. The van der Waals surface area contributed by atoms with Crippen molar-refractivity contribution >= 4 is 11.9 Å². The number of hydrogen-bond donors (Lipinski definition) is 0. The second kappa shape index (κ2) is 18.4. The molecular formula is C16H27KO4. The van der Waals surface area contributed by atoms with E-state index < -0.39 is 11.9 Å². The summed E-state index contributed by atoms with van der Waals surface area (Å²) in [6, 6.07) is 0. The van der Waals surface area contributed by atoms with Crippen molar-refractivity contribution in [2.75, 3.05) is 6.61 Å². The number of ether oxygens (including phenoxy) is 1. The molecule has 0 saturated carbocycles. The van der Waals surface area contributed by atoms with Crippen molar-refractivity contribution in [2.24, 2.45) is 0 Å². The molecule has 21 heavy (non-hydrogen) atoms. The van der Waals surface area contributed by atoms with Crippen LogP contribution in [-0.4, -0.2) is 18.5 Å². The van der Waals surface area contributed by atoms with Crippen LogP contribution in [0.1, 0.15) is 71.1 Å². The summed E-state index contributed by atoms with van der Waals surface area (Å²) in [5, 5.41) is 10.1. The Balaban J connectivity index is 0. The summed E-state index contributed by atoms with van der Waals surface area (Å²) in [5.74, 6) is -2.01. The third-order valence-corrected chi connectivity index (χ3v) is 3.10. The Kier molecular flexibility index (Phi) is 20.6. The van der Waals surface area contributed by atoms with Crippen LogP contribution >= 0.6 is 0 Å². The Labute approximate surface area is 171 Å². The van der Waals surface area contributed by atoms with Crippen molar-refractivity contribution in [1.82, 2.24) is 0 Å². The molecule has 4 nitrogen and oxygen atoms in total. The van der Waals surface area contributed by atoms with Crippen molar-refractivity contribution in [3.63, 3.8) is 0 Å². The monoisotopic (exact) mass is 322 g/mol. The van der Waals surface area contributed by atoms with E-state index in [-0.39, 0.29) is 51.4 Å². The predicted molar refractivity (Wildman–Crippen MR) is 77.0 cm³/mol. The number of aliphatic carboxylic acids is 1. The molecule has 0 rings (SSSR count). The largest absolute Gasteiger partial charge is 1.00 e. The fourth-order valence-electron chi connectivity index (χ4n) is 1.95. The van der Waals surface area contributed by atoms with Crippen LogP contribution in [0.3, 0.4) is 0 Å². The zero-order valence-corrected chi connectivity index (χ0v) is 16.7. The summed E-state index contributed by atoms with van der Waals surface area (Å²) in [5.41, 5.74) is 0. The molecule has 0 aromatic carbocycles. The van der Waals surface area contributed by atoms with Crippen LogP contribution in [0, 0.1) is 0 Å². The molecule has 5 heteroatoms. The SMILES string of the molecule is CCCCCCCCCCCCOC(=O)C=CC(=O)[O-].[K+]. The number of hydrogen-bond acceptors (Lipinski definition) is 4. The maximum Gasteiger partial charge on any atom is 1.00 e. The van der Waals surface area contributed by atoms with E-state index in [9.17, 15) is 14.7 Å². The van der Waals surface area contributed by atoms with E-state index in [0.717, 1.165) is 18.9 Å². The second-order valence-corrected chi connectivity index (χ2v) is 5.00. The maximum atomic E-state index is 11.0. The molecule has 0 spiro atoms. The summed E-state index contributed by atoms with van der Waals surface area (Å²) >= 11 is 0. The Morgan fingerprint density at radius 2 is 1.33 bits per heavy atom. The van der Waals surface area contributed by atoms with E-state index in [1.54, 1.807) is 0 Å². The van der Waals surface area contributed by atoms with E-state index in [1.807, 2.05) is 0 Å². The molecule has 0 fully saturated rings. The average molecular weight is 322 g/mol. The van der Waals surface area contributed by atoms with Gasteiger partial charge in [-0.15, -0.1) is 0 Å². The van der Waals surface area contributed by atoms with Crippen molar-refractivity contribution < 1.29 is 70.8 Å². The standard InChI is InChI=1S/C16H28O4.K/c1-2-3-4-5-6-7-8-9-10-11-14-20-16(19)13-12-15(17)18;/h12-13H,2-11,14H2,1H3,(H,17,18);/q;+1/p-1. The minimum atomic E-state index is -1.39. The molecule has 0 saturated heterocycles. The molecule has 0 atom stereocenters. The molecule has 0 amide bonds. The first-order valence-electron chi connectivity index (χ1n) is 7.72. The summed E-state index contributed by atoms with van der Waals surface area (Å²) in [7, 11) is 0. The molecule has 0 N–H and O–H groups in total. The second-order valence-electron chi connectivity index (χ2n) is 5.00. The Hall–Kier alpha value is 0.316. The van der Waals surface area contributed by atoms with Gasteiger partial charge < -0.3 is 14.6 Å². The molecule has 0 aromatic rings. The molecule has 0 aliphatic heterocycles.